The lowest BCUT2D eigenvalue weighted by Gasteiger charge is -2.20. The maximum absolute atomic E-state index is 11.3. The largest absolute Gasteiger partial charge is 0.481 e. The molecule has 0 saturated carbocycles. The van der Waals surface area contributed by atoms with Crippen LogP contribution in [0.2, 0.25) is 0 Å². The molecule has 0 unspecified atom stereocenters. The fraction of sp³-hybridized carbons (Fsp3) is 0.667. The first-order valence-corrected chi connectivity index (χ1v) is 10.4. The van der Waals surface area contributed by atoms with Crippen molar-refractivity contribution >= 4 is 11.9 Å². The summed E-state index contributed by atoms with van der Waals surface area (Å²) in [5.41, 5.74) is 4.04. The van der Waals surface area contributed by atoms with Crippen LogP contribution in [-0.2, 0) is 22.4 Å². The van der Waals surface area contributed by atoms with E-state index in [-0.39, 0.29) is 0 Å². The molecule has 0 heterocycles. The summed E-state index contributed by atoms with van der Waals surface area (Å²) in [6.45, 7) is 11.5. The predicted octanol–water partition coefficient (Wildman–Crippen LogP) is 5.95. The van der Waals surface area contributed by atoms with Gasteiger partial charge in [0.25, 0.3) is 0 Å². The Hall–Kier alpha value is -1.84. The second kappa shape index (κ2) is 10.1. The fourth-order valence-electron chi connectivity index (χ4n) is 3.48. The van der Waals surface area contributed by atoms with Crippen LogP contribution in [0.5, 0.6) is 0 Å². The van der Waals surface area contributed by atoms with Gasteiger partial charge in [0, 0.05) is 0 Å². The molecule has 0 aliphatic heterocycles. The number of rotatable bonds is 12. The zero-order valence-corrected chi connectivity index (χ0v) is 18.5. The highest BCUT2D eigenvalue weighted by atomic mass is 16.4. The van der Waals surface area contributed by atoms with Crippen LogP contribution in [0.15, 0.2) is 12.1 Å². The van der Waals surface area contributed by atoms with Crippen LogP contribution in [0.1, 0.15) is 88.5 Å². The van der Waals surface area contributed by atoms with Crippen molar-refractivity contribution in [3.05, 3.63) is 34.4 Å². The molecule has 0 bridgehead atoms. The smallest absolute Gasteiger partial charge is 0.309 e. The Balaban J connectivity index is 2.67. The molecule has 4 heteroatoms. The number of aryl methyl sites for hydroxylation is 2. The Kier molecular flexibility index (Phi) is 8.72. The molecule has 1 aromatic carbocycles. The van der Waals surface area contributed by atoms with Crippen molar-refractivity contribution in [3.8, 4) is 0 Å². The second-order valence-electron chi connectivity index (χ2n) is 9.44. The van der Waals surface area contributed by atoms with Crippen molar-refractivity contribution < 1.29 is 19.8 Å². The molecule has 0 spiro atoms. The Bertz CT molecular complexity index is 686. The van der Waals surface area contributed by atoms with Gasteiger partial charge in [-0.15, -0.1) is 0 Å². The maximum atomic E-state index is 11.3. The average molecular weight is 391 g/mol. The number of carboxylic acid groups (broad SMARTS) is 2. The van der Waals surface area contributed by atoms with Gasteiger partial charge in [-0.05, 0) is 102 Å². The minimum atomic E-state index is -0.733. The van der Waals surface area contributed by atoms with Gasteiger partial charge < -0.3 is 10.2 Å². The lowest BCUT2D eigenvalue weighted by Crippen LogP contribution is -2.23. The van der Waals surface area contributed by atoms with E-state index in [0.29, 0.717) is 12.8 Å². The molecule has 1 aromatic rings. The zero-order valence-electron chi connectivity index (χ0n) is 18.5. The van der Waals surface area contributed by atoms with Gasteiger partial charge in [0.2, 0.25) is 0 Å². The summed E-state index contributed by atoms with van der Waals surface area (Å²) >= 11 is 0. The number of carbonyl (C=O) groups is 2. The molecule has 0 saturated heterocycles. The standard InChI is InChI=1S/C24H38O4/c1-17-13-14-19(11-7-9-15-23(3,4)21(25)26)20(18(17)2)12-8-10-16-24(5,6)22(27)28/h13-14H,7-12,15-16H2,1-6H3,(H,25,26)(H,27,28). The molecular weight excluding hydrogens is 352 g/mol. The first-order valence-electron chi connectivity index (χ1n) is 10.4. The van der Waals surface area contributed by atoms with E-state index in [1.54, 1.807) is 27.7 Å². The minimum Gasteiger partial charge on any atom is -0.481 e. The van der Waals surface area contributed by atoms with Crippen LogP contribution in [0.4, 0.5) is 0 Å². The topological polar surface area (TPSA) is 74.6 Å². The normalized spacial score (nSPS) is 12.2. The summed E-state index contributed by atoms with van der Waals surface area (Å²) < 4.78 is 0. The van der Waals surface area contributed by atoms with E-state index in [4.69, 9.17) is 0 Å². The number of unbranched alkanes of at least 4 members (excludes halogenated alkanes) is 2. The van der Waals surface area contributed by atoms with Gasteiger partial charge in [-0.3, -0.25) is 9.59 Å². The van der Waals surface area contributed by atoms with E-state index in [2.05, 4.69) is 26.0 Å². The molecule has 2 N–H and O–H groups in total. The SMILES string of the molecule is Cc1ccc(CCCCC(C)(C)C(=O)O)c(CCCCC(C)(C)C(=O)O)c1C. The second-order valence-corrected chi connectivity index (χ2v) is 9.44. The monoisotopic (exact) mass is 390 g/mol. The number of carboxylic acids is 2. The molecule has 1 rings (SSSR count). The van der Waals surface area contributed by atoms with Crippen molar-refractivity contribution in [2.45, 2.75) is 92.9 Å². The first-order chi connectivity index (χ1) is 12.9. The van der Waals surface area contributed by atoms with Gasteiger partial charge in [-0.2, -0.15) is 0 Å². The van der Waals surface area contributed by atoms with Crippen LogP contribution in [-0.4, -0.2) is 22.2 Å². The van der Waals surface area contributed by atoms with E-state index >= 15 is 0 Å². The summed E-state index contributed by atoms with van der Waals surface area (Å²) in [5, 5.41) is 18.5. The number of benzene rings is 1. The van der Waals surface area contributed by atoms with E-state index in [0.717, 1.165) is 38.5 Å². The van der Waals surface area contributed by atoms with Crippen LogP contribution < -0.4 is 0 Å². The summed E-state index contributed by atoms with van der Waals surface area (Å²) in [7, 11) is 0. The third kappa shape index (κ3) is 6.96. The quantitative estimate of drug-likeness (QED) is 0.432. The fourth-order valence-corrected chi connectivity index (χ4v) is 3.48. The average Bonchev–Trinajstić information content (AvgIpc) is 2.59. The molecular formula is C24H38O4. The van der Waals surface area contributed by atoms with E-state index < -0.39 is 22.8 Å². The van der Waals surface area contributed by atoms with Crippen LogP contribution >= 0.6 is 0 Å². The lowest BCUT2D eigenvalue weighted by atomic mass is 9.85. The van der Waals surface area contributed by atoms with Gasteiger partial charge in [-0.25, -0.2) is 0 Å². The predicted molar refractivity (Wildman–Crippen MR) is 114 cm³/mol. The third-order valence-corrected chi connectivity index (χ3v) is 6.10. The van der Waals surface area contributed by atoms with Gasteiger partial charge in [0.05, 0.1) is 10.8 Å². The minimum absolute atomic E-state index is 0.664. The Morgan fingerprint density at radius 1 is 0.786 bits per heavy atom. The number of hydrogen-bond donors (Lipinski definition) is 2. The van der Waals surface area contributed by atoms with Crippen molar-refractivity contribution in [2.24, 2.45) is 10.8 Å². The van der Waals surface area contributed by atoms with Crippen LogP contribution in [0.3, 0.4) is 0 Å². The van der Waals surface area contributed by atoms with Crippen molar-refractivity contribution in [1.29, 1.82) is 0 Å². The van der Waals surface area contributed by atoms with E-state index in [9.17, 15) is 19.8 Å². The highest BCUT2D eigenvalue weighted by Gasteiger charge is 2.27. The molecule has 0 atom stereocenters. The summed E-state index contributed by atoms with van der Waals surface area (Å²) in [6.07, 6.45) is 7.08. The summed E-state index contributed by atoms with van der Waals surface area (Å²) in [4.78, 5) is 22.5. The molecule has 158 valence electrons. The number of hydrogen-bond acceptors (Lipinski definition) is 2. The van der Waals surface area contributed by atoms with Crippen LogP contribution in [0.25, 0.3) is 0 Å². The van der Waals surface area contributed by atoms with Crippen LogP contribution in [0, 0.1) is 24.7 Å². The summed E-state index contributed by atoms with van der Waals surface area (Å²) in [6, 6.07) is 4.38. The number of aliphatic carboxylic acids is 2. The molecule has 0 aliphatic carbocycles. The molecule has 4 nitrogen and oxygen atoms in total. The van der Waals surface area contributed by atoms with Gasteiger partial charge >= 0.3 is 11.9 Å². The van der Waals surface area contributed by atoms with Gasteiger partial charge in [0.1, 0.15) is 0 Å². The molecule has 0 fully saturated rings. The Labute approximate surface area is 170 Å². The molecule has 28 heavy (non-hydrogen) atoms. The highest BCUT2D eigenvalue weighted by molar-refractivity contribution is 5.73. The van der Waals surface area contributed by atoms with Gasteiger partial charge in [0.15, 0.2) is 0 Å². The molecule has 0 aromatic heterocycles. The Morgan fingerprint density at radius 2 is 1.25 bits per heavy atom. The zero-order chi connectivity index (χ0) is 21.5. The van der Waals surface area contributed by atoms with Crippen molar-refractivity contribution in [1.82, 2.24) is 0 Å². The first kappa shape index (κ1) is 24.2. The highest BCUT2D eigenvalue weighted by Crippen LogP contribution is 2.28. The summed E-state index contributed by atoms with van der Waals surface area (Å²) in [5.74, 6) is -1.46. The molecule has 0 amide bonds. The molecule has 0 aliphatic rings. The van der Waals surface area contributed by atoms with Gasteiger partial charge in [-0.1, -0.05) is 25.0 Å². The third-order valence-electron chi connectivity index (χ3n) is 6.10. The maximum Gasteiger partial charge on any atom is 0.309 e. The molecule has 0 radical (unpaired) electrons. The Morgan fingerprint density at radius 3 is 1.71 bits per heavy atom. The van der Waals surface area contributed by atoms with Crippen molar-refractivity contribution in [2.75, 3.05) is 0 Å². The van der Waals surface area contributed by atoms with E-state index in [1.165, 1.54) is 22.3 Å². The lowest BCUT2D eigenvalue weighted by molar-refractivity contribution is -0.148. The van der Waals surface area contributed by atoms with E-state index in [1.807, 2.05) is 0 Å². The van der Waals surface area contributed by atoms with Crippen molar-refractivity contribution in [3.63, 3.8) is 0 Å².